The summed E-state index contributed by atoms with van der Waals surface area (Å²) in [5.74, 6) is -2.44. The van der Waals surface area contributed by atoms with Crippen LogP contribution >= 0.6 is 0 Å². The maximum atomic E-state index is 12.5. The topological polar surface area (TPSA) is 105 Å². The maximum Gasteiger partial charge on any atom is 0.336 e. The van der Waals surface area contributed by atoms with Crippen molar-refractivity contribution < 1.29 is 29.0 Å². The monoisotopic (exact) mass is 369 g/mol. The van der Waals surface area contributed by atoms with Crippen molar-refractivity contribution in [2.24, 2.45) is 0 Å². The highest BCUT2D eigenvalue weighted by Gasteiger charge is 2.51. The lowest BCUT2D eigenvalue weighted by Crippen LogP contribution is -2.45. The lowest BCUT2D eigenvalue weighted by Gasteiger charge is -2.17. The molecule has 1 aliphatic rings. The first-order valence-corrected chi connectivity index (χ1v) is 8.47. The lowest BCUT2D eigenvalue weighted by molar-refractivity contribution is -0.149. The standard InChI is InChI=1S/C20H19NO6/c22-18(16-17(27-16)19(23)24)21-15(11-13-7-3-1-4-8-13)20(25)26-12-14-9-5-2-6-10-14/h1-10,15-17H,11-12H2,(H,21,22)(H,23,24)/t15-,16?,17?/m0/s1. The molecule has 2 N–H and O–H groups in total. The first-order chi connectivity index (χ1) is 13.0. The zero-order chi connectivity index (χ0) is 19.2. The smallest absolute Gasteiger partial charge is 0.336 e. The van der Waals surface area contributed by atoms with E-state index in [2.05, 4.69) is 5.32 Å². The average molecular weight is 369 g/mol. The minimum atomic E-state index is -1.21. The molecule has 1 fully saturated rings. The summed E-state index contributed by atoms with van der Waals surface area (Å²) in [4.78, 5) is 35.6. The van der Waals surface area contributed by atoms with Gasteiger partial charge in [0.25, 0.3) is 5.91 Å². The molecular formula is C20H19NO6. The number of hydrogen-bond donors (Lipinski definition) is 2. The van der Waals surface area contributed by atoms with Crippen molar-refractivity contribution in [3.8, 4) is 0 Å². The molecule has 3 atom stereocenters. The molecule has 3 rings (SSSR count). The van der Waals surface area contributed by atoms with E-state index in [4.69, 9.17) is 14.6 Å². The Labute approximate surface area is 155 Å². The zero-order valence-electron chi connectivity index (χ0n) is 14.4. The molecule has 1 heterocycles. The van der Waals surface area contributed by atoms with Gasteiger partial charge in [0.15, 0.2) is 12.2 Å². The van der Waals surface area contributed by atoms with Crippen LogP contribution in [0.15, 0.2) is 60.7 Å². The van der Waals surface area contributed by atoms with Gasteiger partial charge in [-0.2, -0.15) is 0 Å². The van der Waals surface area contributed by atoms with Gasteiger partial charge in [-0.3, -0.25) is 4.79 Å². The normalized spacial score (nSPS) is 19.0. The Kier molecular flexibility index (Phi) is 5.83. The minimum Gasteiger partial charge on any atom is -0.479 e. The van der Waals surface area contributed by atoms with Crippen LogP contribution in [0.25, 0.3) is 0 Å². The fourth-order valence-electron chi connectivity index (χ4n) is 2.63. The van der Waals surface area contributed by atoms with Crippen molar-refractivity contribution in [1.82, 2.24) is 5.32 Å². The van der Waals surface area contributed by atoms with Crippen molar-refractivity contribution in [2.45, 2.75) is 31.3 Å². The number of carboxylic acid groups (broad SMARTS) is 1. The predicted octanol–water partition coefficient (Wildman–Crippen LogP) is 1.31. The molecule has 0 saturated carbocycles. The Morgan fingerprint density at radius 1 is 0.963 bits per heavy atom. The van der Waals surface area contributed by atoms with Crippen LogP contribution in [0.2, 0.25) is 0 Å². The zero-order valence-corrected chi connectivity index (χ0v) is 14.4. The molecule has 0 bridgehead atoms. The highest BCUT2D eigenvalue weighted by Crippen LogP contribution is 2.22. The Hall–Kier alpha value is -3.19. The van der Waals surface area contributed by atoms with Gasteiger partial charge in [-0.15, -0.1) is 0 Å². The summed E-state index contributed by atoms with van der Waals surface area (Å²) in [7, 11) is 0. The SMILES string of the molecule is O=C(O)C1OC1C(=O)N[C@@H](Cc1ccccc1)C(=O)OCc1ccccc1. The van der Waals surface area contributed by atoms with E-state index in [0.29, 0.717) is 0 Å². The van der Waals surface area contributed by atoms with Gasteiger partial charge in [0.2, 0.25) is 0 Å². The lowest BCUT2D eigenvalue weighted by atomic mass is 10.1. The molecule has 2 unspecified atom stereocenters. The molecule has 2 aromatic rings. The fraction of sp³-hybridized carbons (Fsp3) is 0.250. The summed E-state index contributed by atoms with van der Waals surface area (Å²) in [5, 5.41) is 11.4. The van der Waals surface area contributed by atoms with Gasteiger partial charge < -0.3 is 19.9 Å². The molecule has 1 saturated heterocycles. The van der Waals surface area contributed by atoms with E-state index in [0.717, 1.165) is 11.1 Å². The molecule has 0 aliphatic carbocycles. The Bertz CT molecular complexity index is 808. The van der Waals surface area contributed by atoms with Crippen LogP contribution in [-0.2, 0) is 36.9 Å². The van der Waals surface area contributed by atoms with Gasteiger partial charge in [-0.1, -0.05) is 60.7 Å². The maximum absolute atomic E-state index is 12.5. The largest absolute Gasteiger partial charge is 0.479 e. The molecule has 27 heavy (non-hydrogen) atoms. The fourth-order valence-corrected chi connectivity index (χ4v) is 2.63. The number of carbonyl (C=O) groups excluding carboxylic acids is 2. The van der Waals surface area contributed by atoms with Crippen molar-refractivity contribution in [2.75, 3.05) is 0 Å². The second-order valence-corrected chi connectivity index (χ2v) is 6.16. The highest BCUT2D eigenvalue weighted by atomic mass is 16.6. The molecule has 0 spiro atoms. The van der Waals surface area contributed by atoms with Gasteiger partial charge in [-0.25, -0.2) is 9.59 Å². The van der Waals surface area contributed by atoms with Crippen molar-refractivity contribution in [3.63, 3.8) is 0 Å². The third-order valence-electron chi connectivity index (χ3n) is 4.10. The van der Waals surface area contributed by atoms with Crippen LogP contribution in [-0.4, -0.2) is 41.2 Å². The predicted molar refractivity (Wildman–Crippen MR) is 94.6 cm³/mol. The average Bonchev–Trinajstić information content (AvgIpc) is 3.48. The summed E-state index contributed by atoms with van der Waals surface area (Å²) < 4.78 is 10.2. The number of carboxylic acids is 1. The van der Waals surface area contributed by atoms with E-state index < -0.39 is 36.1 Å². The van der Waals surface area contributed by atoms with E-state index in [9.17, 15) is 14.4 Å². The molecule has 0 aromatic heterocycles. The Morgan fingerprint density at radius 3 is 2.11 bits per heavy atom. The second-order valence-electron chi connectivity index (χ2n) is 6.16. The van der Waals surface area contributed by atoms with E-state index in [1.165, 1.54) is 0 Å². The molecule has 7 heteroatoms. The molecule has 1 aliphatic heterocycles. The molecule has 7 nitrogen and oxygen atoms in total. The first-order valence-electron chi connectivity index (χ1n) is 8.47. The molecule has 0 radical (unpaired) electrons. The van der Waals surface area contributed by atoms with Crippen molar-refractivity contribution >= 4 is 17.8 Å². The Balaban J connectivity index is 1.64. The van der Waals surface area contributed by atoms with E-state index in [1.807, 2.05) is 60.7 Å². The third kappa shape index (κ3) is 5.15. The summed E-state index contributed by atoms with van der Waals surface area (Å²) in [6.45, 7) is 0.0819. The highest BCUT2D eigenvalue weighted by molar-refractivity contribution is 5.94. The van der Waals surface area contributed by atoms with Crippen molar-refractivity contribution in [1.29, 1.82) is 0 Å². The van der Waals surface area contributed by atoms with Gasteiger partial charge in [0.05, 0.1) is 0 Å². The molecule has 2 aromatic carbocycles. The number of benzene rings is 2. The summed E-state index contributed by atoms with van der Waals surface area (Å²) in [6.07, 6.45) is -2.02. The van der Waals surface area contributed by atoms with E-state index >= 15 is 0 Å². The third-order valence-corrected chi connectivity index (χ3v) is 4.10. The quantitative estimate of drug-likeness (QED) is 0.537. The Morgan fingerprint density at radius 2 is 1.56 bits per heavy atom. The summed E-state index contributed by atoms with van der Waals surface area (Å²) in [5.41, 5.74) is 1.66. The molecular weight excluding hydrogens is 350 g/mol. The van der Waals surface area contributed by atoms with Crippen LogP contribution in [0.1, 0.15) is 11.1 Å². The van der Waals surface area contributed by atoms with E-state index in [1.54, 1.807) is 0 Å². The second kappa shape index (κ2) is 8.46. The summed E-state index contributed by atoms with van der Waals surface area (Å²) in [6, 6.07) is 17.4. The number of esters is 1. The number of carbonyl (C=O) groups is 3. The number of ether oxygens (including phenoxy) is 2. The number of aliphatic carboxylic acids is 1. The van der Waals surface area contributed by atoms with Crippen LogP contribution in [0, 0.1) is 0 Å². The van der Waals surface area contributed by atoms with Crippen molar-refractivity contribution in [3.05, 3.63) is 71.8 Å². The van der Waals surface area contributed by atoms with Crippen LogP contribution in [0.3, 0.4) is 0 Å². The minimum absolute atomic E-state index is 0.0819. The van der Waals surface area contributed by atoms with Crippen LogP contribution in [0.4, 0.5) is 0 Å². The van der Waals surface area contributed by atoms with E-state index in [-0.39, 0.29) is 13.0 Å². The molecule has 1 amide bonds. The number of rotatable bonds is 8. The van der Waals surface area contributed by atoms with Gasteiger partial charge in [-0.05, 0) is 11.1 Å². The van der Waals surface area contributed by atoms with Gasteiger partial charge in [0, 0.05) is 6.42 Å². The van der Waals surface area contributed by atoms with Gasteiger partial charge >= 0.3 is 11.9 Å². The van der Waals surface area contributed by atoms with Crippen LogP contribution < -0.4 is 5.32 Å². The number of hydrogen-bond acceptors (Lipinski definition) is 5. The number of nitrogens with one attached hydrogen (secondary N) is 1. The summed E-state index contributed by atoms with van der Waals surface area (Å²) >= 11 is 0. The number of amides is 1. The molecule has 140 valence electrons. The van der Waals surface area contributed by atoms with Gasteiger partial charge in [0.1, 0.15) is 12.6 Å². The number of epoxide rings is 1. The first kappa shape index (κ1) is 18.6. The van der Waals surface area contributed by atoms with Crippen LogP contribution in [0.5, 0.6) is 0 Å².